The molecule has 2 rings (SSSR count). The van der Waals surface area contributed by atoms with Crippen molar-refractivity contribution in [2.24, 2.45) is 5.73 Å². The second kappa shape index (κ2) is 4.63. The molecule has 1 saturated carbocycles. The first-order chi connectivity index (χ1) is 7.54. The van der Waals surface area contributed by atoms with Crippen LogP contribution in [0.2, 0.25) is 0 Å². The van der Waals surface area contributed by atoms with E-state index in [4.69, 9.17) is 10.5 Å². The summed E-state index contributed by atoms with van der Waals surface area (Å²) in [6.45, 7) is 6.34. The molecule has 0 bridgehead atoms. The Kier molecular flexibility index (Phi) is 3.57. The minimum absolute atomic E-state index is 0.117. The average Bonchev–Trinajstić information content (AvgIpc) is 2.77. The van der Waals surface area contributed by atoms with Crippen molar-refractivity contribution in [3.63, 3.8) is 0 Å². The number of nitrogens with two attached hydrogens (primary N) is 1. The molecule has 1 aliphatic carbocycles. The molecule has 2 fully saturated rings. The van der Waals surface area contributed by atoms with E-state index in [0.717, 1.165) is 26.0 Å². The van der Waals surface area contributed by atoms with Crippen LogP contribution in [0, 0.1) is 0 Å². The highest BCUT2D eigenvalue weighted by molar-refractivity contribution is 4.95. The van der Waals surface area contributed by atoms with Crippen LogP contribution in [0.1, 0.15) is 52.4 Å². The first-order valence-corrected chi connectivity index (χ1v) is 6.70. The number of rotatable bonds is 4. The molecule has 2 atom stereocenters. The van der Waals surface area contributed by atoms with Gasteiger partial charge in [0.15, 0.2) is 0 Å². The lowest BCUT2D eigenvalue weighted by atomic mass is 9.91. The zero-order chi connectivity index (χ0) is 11.6. The summed E-state index contributed by atoms with van der Waals surface area (Å²) >= 11 is 0. The molecule has 3 N–H and O–H groups in total. The van der Waals surface area contributed by atoms with E-state index in [1.54, 1.807) is 0 Å². The molecular formula is C13H26N2O. The first-order valence-electron chi connectivity index (χ1n) is 6.70. The molecule has 94 valence electrons. The quantitative estimate of drug-likeness (QED) is 0.768. The van der Waals surface area contributed by atoms with Gasteiger partial charge in [-0.05, 0) is 46.1 Å². The van der Waals surface area contributed by atoms with E-state index in [-0.39, 0.29) is 11.1 Å². The second-order valence-corrected chi connectivity index (χ2v) is 5.93. The van der Waals surface area contributed by atoms with Crippen molar-refractivity contribution in [1.82, 2.24) is 5.32 Å². The minimum atomic E-state index is 0.117. The van der Waals surface area contributed by atoms with Crippen molar-refractivity contribution < 1.29 is 4.74 Å². The van der Waals surface area contributed by atoms with E-state index in [2.05, 4.69) is 19.2 Å². The van der Waals surface area contributed by atoms with E-state index in [9.17, 15) is 0 Å². The molecule has 0 aromatic rings. The highest BCUT2D eigenvalue weighted by Crippen LogP contribution is 2.30. The van der Waals surface area contributed by atoms with Gasteiger partial charge in [-0.15, -0.1) is 0 Å². The molecular weight excluding hydrogens is 200 g/mol. The zero-order valence-electron chi connectivity index (χ0n) is 10.7. The molecule has 1 aliphatic heterocycles. The van der Waals surface area contributed by atoms with E-state index < -0.39 is 0 Å². The van der Waals surface area contributed by atoms with E-state index in [0.29, 0.717) is 6.10 Å². The zero-order valence-corrected chi connectivity index (χ0v) is 10.7. The molecule has 0 aromatic carbocycles. The smallest absolute Gasteiger partial charge is 0.0726 e. The molecule has 0 spiro atoms. The van der Waals surface area contributed by atoms with Crippen LogP contribution >= 0.6 is 0 Å². The van der Waals surface area contributed by atoms with E-state index >= 15 is 0 Å². The molecule has 0 aromatic heterocycles. The fourth-order valence-electron chi connectivity index (χ4n) is 2.99. The monoisotopic (exact) mass is 226 g/mol. The Morgan fingerprint density at radius 1 is 1.31 bits per heavy atom. The topological polar surface area (TPSA) is 47.3 Å². The van der Waals surface area contributed by atoms with Crippen LogP contribution in [0.25, 0.3) is 0 Å². The Bertz CT molecular complexity index is 238. The van der Waals surface area contributed by atoms with Crippen LogP contribution in [0.3, 0.4) is 0 Å². The van der Waals surface area contributed by atoms with Gasteiger partial charge < -0.3 is 15.8 Å². The lowest BCUT2D eigenvalue weighted by Crippen LogP contribution is -2.50. The Morgan fingerprint density at radius 2 is 2.00 bits per heavy atom. The largest absolute Gasteiger partial charge is 0.377 e. The average molecular weight is 226 g/mol. The van der Waals surface area contributed by atoms with Crippen LogP contribution in [0.5, 0.6) is 0 Å². The van der Waals surface area contributed by atoms with Gasteiger partial charge in [-0.2, -0.15) is 0 Å². The van der Waals surface area contributed by atoms with E-state index in [1.165, 1.54) is 25.7 Å². The summed E-state index contributed by atoms with van der Waals surface area (Å²) in [4.78, 5) is 0. The van der Waals surface area contributed by atoms with Gasteiger partial charge in [-0.1, -0.05) is 12.8 Å². The Morgan fingerprint density at radius 3 is 2.56 bits per heavy atom. The predicted molar refractivity (Wildman–Crippen MR) is 66.4 cm³/mol. The third kappa shape index (κ3) is 2.58. The fraction of sp³-hybridized carbons (Fsp3) is 1.00. The molecule has 1 heterocycles. The van der Waals surface area contributed by atoms with Gasteiger partial charge in [0.2, 0.25) is 0 Å². The predicted octanol–water partition coefficient (Wildman–Crippen LogP) is 1.81. The SMILES string of the molecule is CC1OCCC1(C)NCCC1(N)CCCC1. The second-order valence-electron chi connectivity index (χ2n) is 5.93. The number of hydrogen-bond acceptors (Lipinski definition) is 3. The molecule has 16 heavy (non-hydrogen) atoms. The number of hydrogen-bond donors (Lipinski definition) is 2. The van der Waals surface area contributed by atoms with Gasteiger partial charge in [0.1, 0.15) is 0 Å². The third-order valence-electron chi connectivity index (χ3n) is 4.64. The number of nitrogens with one attached hydrogen (secondary N) is 1. The summed E-state index contributed by atoms with van der Waals surface area (Å²) in [6.07, 6.45) is 7.58. The van der Waals surface area contributed by atoms with Gasteiger partial charge >= 0.3 is 0 Å². The highest BCUT2D eigenvalue weighted by Gasteiger charge is 2.37. The van der Waals surface area contributed by atoms with E-state index in [1.807, 2.05) is 0 Å². The lowest BCUT2D eigenvalue weighted by molar-refractivity contribution is 0.0880. The summed E-state index contributed by atoms with van der Waals surface area (Å²) in [6, 6.07) is 0. The van der Waals surface area contributed by atoms with Crippen LogP contribution in [-0.4, -0.2) is 30.3 Å². The first kappa shape index (κ1) is 12.3. The summed E-state index contributed by atoms with van der Waals surface area (Å²) in [7, 11) is 0. The van der Waals surface area contributed by atoms with Crippen molar-refractivity contribution in [2.45, 2.75) is 69.6 Å². The maximum Gasteiger partial charge on any atom is 0.0726 e. The summed E-state index contributed by atoms with van der Waals surface area (Å²) in [5, 5.41) is 3.65. The van der Waals surface area contributed by atoms with Gasteiger partial charge in [-0.25, -0.2) is 0 Å². The van der Waals surface area contributed by atoms with Gasteiger partial charge in [0.25, 0.3) is 0 Å². The van der Waals surface area contributed by atoms with Crippen LogP contribution in [0.15, 0.2) is 0 Å². The Hall–Kier alpha value is -0.120. The maximum atomic E-state index is 6.35. The van der Waals surface area contributed by atoms with Crippen molar-refractivity contribution in [1.29, 1.82) is 0 Å². The van der Waals surface area contributed by atoms with Gasteiger partial charge in [0, 0.05) is 17.7 Å². The minimum Gasteiger partial charge on any atom is -0.377 e. The van der Waals surface area contributed by atoms with Gasteiger partial charge in [0.05, 0.1) is 6.10 Å². The standard InChI is InChI=1S/C13H26N2O/c1-11-12(2,8-10-16-11)15-9-7-13(14)5-3-4-6-13/h11,15H,3-10,14H2,1-2H3. The summed E-state index contributed by atoms with van der Waals surface area (Å²) in [5.41, 5.74) is 6.63. The summed E-state index contributed by atoms with van der Waals surface area (Å²) in [5.74, 6) is 0. The van der Waals surface area contributed by atoms with Crippen molar-refractivity contribution in [2.75, 3.05) is 13.2 Å². The molecule has 0 radical (unpaired) electrons. The van der Waals surface area contributed by atoms with Crippen LogP contribution < -0.4 is 11.1 Å². The molecule has 2 unspecified atom stereocenters. The molecule has 1 saturated heterocycles. The maximum absolute atomic E-state index is 6.35. The van der Waals surface area contributed by atoms with Crippen LogP contribution in [-0.2, 0) is 4.74 Å². The molecule has 2 aliphatic rings. The van der Waals surface area contributed by atoms with Crippen LogP contribution in [0.4, 0.5) is 0 Å². The molecule has 0 amide bonds. The van der Waals surface area contributed by atoms with Gasteiger partial charge in [-0.3, -0.25) is 0 Å². The Labute approximate surface area is 99.1 Å². The normalized spacial score (nSPS) is 38.1. The van der Waals surface area contributed by atoms with Crippen molar-refractivity contribution >= 4 is 0 Å². The fourth-order valence-corrected chi connectivity index (χ4v) is 2.99. The molecule has 3 heteroatoms. The molecule has 3 nitrogen and oxygen atoms in total. The lowest BCUT2D eigenvalue weighted by Gasteiger charge is -2.31. The van der Waals surface area contributed by atoms with Crippen molar-refractivity contribution in [3.05, 3.63) is 0 Å². The summed E-state index contributed by atoms with van der Waals surface area (Å²) < 4.78 is 5.62. The van der Waals surface area contributed by atoms with Crippen molar-refractivity contribution in [3.8, 4) is 0 Å². The third-order valence-corrected chi connectivity index (χ3v) is 4.64. The Balaban J connectivity index is 1.75. The number of ether oxygens (including phenoxy) is 1. The highest BCUT2D eigenvalue weighted by atomic mass is 16.5.